The van der Waals surface area contributed by atoms with Crippen LogP contribution in [0.2, 0.25) is 0 Å². The number of hydrogen-bond acceptors (Lipinski definition) is 5. The number of aromatic nitrogens is 1. The average molecular weight is 287 g/mol. The minimum absolute atomic E-state index is 0.0526. The molecule has 2 N–H and O–H groups in total. The van der Waals surface area contributed by atoms with E-state index in [0.29, 0.717) is 12.4 Å². The number of pyridine rings is 1. The summed E-state index contributed by atoms with van der Waals surface area (Å²) in [4.78, 5) is 6.37. The fraction of sp³-hybridized carbons (Fsp3) is 0.312. The zero-order chi connectivity index (χ0) is 15.2. The number of nitrogens with zero attached hydrogens (tertiary/aromatic N) is 2. The summed E-state index contributed by atoms with van der Waals surface area (Å²) >= 11 is 0. The lowest BCUT2D eigenvalue weighted by Crippen LogP contribution is -2.30. The molecule has 0 saturated heterocycles. The largest absolute Gasteiger partial charge is 0.497 e. The van der Waals surface area contributed by atoms with Gasteiger partial charge in [-0.05, 0) is 29.8 Å². The van der Waals surface area contributed by atoms with Crippen molar-refractivity contribution in [3.8, 4) is 11.6 Å². The SMILES string of the molecule is COc1ccc(N(C)C(CN)c2ccc(OC)nc2)cc1. The highest BCUT2D eigenvalue weighted by molar-refractivity contribution is 5.50. The van der Waals surface area contributed by atoms with E-state index in [0.717, 1.165) is 17.0 Å². The van der Waals surface area contributed by atoms with Crippen LogP contribution in [0.1, 0.15) is 11.6 Å². The van der Waals surface area contributed by atoms with E-state index in [4.69, 9.17) is 15.2 Å². The smallest absolute Gasteiger partial charge is 0.212 e. The van der Waals surface area contributed by atoms with Crippen molar-refractivity contribution in [2.75, 3.05) is 32.7 Å². The normalized spacial score (nSPS) is 11.8. The maximum absolute atomic E-state index is 5.94. The second kappa shape index (κ2) is 6.95. The summed E-state index contributed by atoms with van der Waals surface area (Å²) in [6.07, 6.45) is 1.80. The van der Waals surface area contributed by atoms with Gasteiger partial charge < -0.3 is 20.1 Å². The summed E-state index contributed by atoms with van der Waals surface area (Å²) in [6.45, 7) is 0.497. The van der Waals surface area contributed by atoms with Crippen LogP contribution in [0.3, 0.4) is 0 Å². The number of likely N-dealkylation sites (N-methyl/N-ethyl adjacent to an activating group) is 1. The van der Waals surface area contributed by atoms with Gasteiger partial charge in [0.05, 0.1) is 20.3 Å². The molecule has 5 nitrogen and oxygen atoms in total. The highest BCUT2D eigenvalue weighted by atomic mass is 16.5. The Bertz CT molecular complexity index is 555. The summed E-state index contributed by atoms with van der Waals surface area (Å²) in [6, 6.07) is 11.8. The Morgan fingerprint density at radius 1 is 1.10 bits per heavy atom. The van der Waals surface area contributed by atoms with E-state index in [-0.39, 0.29) is 6.04 Å². The fourth-order valence-corrected chi connectivity index (χ4v) is 2.22. The molecule has 0 amide bonds. The minimum Gasteiger partial charge on any atom is -0.497 e. The van der Waals surface area contributed by atoms with Crippen LogP contribution in [0.5, 0.6) is 11.6 Å². The van der Waals surface area contributed by atoms with E-state index in [1.807, 2.05) is 43.4 Å². The molecule has 0 aliphatic rings. The molecule has 0 saturated carbocycles. The molecule has 1 atom stereocenters. The first kappa shape index (κ1) is 15.1. The van der Waals surface area contributed by atoms with Crippen LogP contribution in [0.4, 0.5) is 5.69 Å². The number of anilines is 1. The first-order valence-corrected chi connectivity index (χ1v) is 6.76. The maximum Gasteiger partial charge on any atom is 0.212 e. The quantitative estimate of drug-likeness (QED) is 0.883. The molecule has 0 aliphatic carbocycles. The predicted molar refractivity (Wildman–Crippen MR) is 84.0 cm³/mol. The molecule has 0 spiro atoms. The van der Waals surface area contributed by atoms with E-state index < -0.39 is 0 Å². The van der Waals surface area contributed by atoms with Crippen LogP contribution in [0.25, 0.3) is 0 Å². The van der Waals surface area contributed by atoms with E-state index in [1.54, 1.807) is 20.4 Å². The van der Waals surface area contributed by atoms with Gasteiger partial charge in [0.25, 0.3) is 0 Å². The van der Waals surface area contributed by atoms with Crippen LogP contribution < -0.4 is 20.1 Å². The summed E-state index contributed by atoms with van der Waals surface area (Å²) in [5, 5.41) is 0. The topological polar surface area (TPSA) is 60.6 Å². The minimum atomic E-state index is 0.0526. The van der Waals surface area contributed by atoms with Gasteiger partial charge in [0.2, 0.25) is 5.88 Å². The van der Waals surface area contributed by atoms with Crippen molar-refractivity contribution in [3.63, 3.8) is 0 Å². The Balaban J connectivity index is 2.21. The van der Waals surface area contributed by atoms with Gasteiger partial charge in [0.1, 0.15) is 5.75 Å². The molecule has 112 valence electrons. The van der Waals surface area contributed by atoms with Crippen molar-refractivity contribution in [2.45, 2.75) is 6.04 Å². The highest BCUT2D eigenvalue weighted by Gasteiger charge is 2.16. The lowest BCUT2D eigenvalue weighted by Gasteiger charge is -2.29. The van der Waals surface area contributed by atoms with Crippen LogP contribution in [0.15, 0.2) is 42.6 Å². The Kier molecular flexibility index (Phi) is 5.00. The third-order valence-electron chi connectivity index (χ3n) is 3.52. The average Bonchev–Trinajstić information content (AvgIpc) is 2.56. The van der Waals surface area contributed by atoms with Crippen LogP contribution in [-0.4, -0.2) is 32.8 Å². The summed E-state index contributed by atoms with van der Waals surface area (Å²) < 4.78 is 10.3. The van der Waals surface area contributed by atoms with Gasteiger partial charge in [-0.25, -0.2) is 4.98 Å². The van der Waals surface area contributed by atoms with Gasteiger partial charge in [0.15, 0.2) is 0 Å². The molecule has 21 heavy (non-hydrogen) atoms. The second-order valence-electron chi connectivity index (χ2n) is 4.69. The Morgan fingerprint density at radius 3 is 2.29 bits per heavy atom. The molecule has 5 heteroatoms. The summed E-state index contributed by atoms with van der Waals surface area (Å²) in [5.74, 6) is 1.43. The molecule has 2 rings (SSSR count). The fourth-order valence-electron chi connectivity index (χ4n) is 2.22. The molecule has 1 aromatic carbocycles. The third-order valence-corrected chi connectivity index (χ3v) is 3.52. The molecule has 1 unspecified atom stereocenters. The molecule has 2 aromatic rings. The lowest BCUT2D eigenvalue weighted by molar-refractivity contribution is 0.397. The van der Waals surface area contributed by atoms with Crippen molar-refractivity contribution < 1.29 is 9.47 Å². The Labute approximate surface area is 125 Å². The predicted octanol–water partition coefficient (Wildman–Crippen LogP) is 2.24. The van der Waals surface area contributed by atoms with Crippen LogP contribution in [0, 0.1) is 0 Å². The van der Waals surface area contributed by atoms with Gasteiger partial charge in [0, 0.05) is 31.5 Å². The number of hydrogen-bond donors (Lipinski definition) is 1. The van der Waals surface area contributed by atoms with E-state index >= 15 is 0 Å². The molecule has 0 radical (unpaired) electrons. The van der Waals surface area contributed by atoms with Gasteiger partial charge in [-0.3, -0.25) is 0 Å². The van der Waals surface area contributed by atoms with Gasteiger partial charge in [-0.2, -0.15) is 0 Å². The van der Waals surface area contributed by atoms with Gasteiger partial charge in [-0.1, -0.05) is 6.07 Å². The summed E-state index contributed by atoms with van der Waals surface area (Å²) in [7, 11) is 5.28. The van der Waals surface area contributed by atoms with Crippen molar-refractivity contribution in [3.05, 3.63) is 48.2 Å². The first-order valence-electron chi connectivity index (χ1n) is 6.76. The molecule has 0 bridgehead atoms. The third kappa shape index (κ3) is 3.44. The van der Waals surface area contributed by atoms with E-state index in [2.05, 4.69) is 9.88 Å². The lowest BCUT2D eigenvalue weighted by atomic mass is 10.1. The Hall–Kier alpha value is -2.27. The molecular formula is C16H21N3O2. The molecule has 1 heterocycles. The van der Waals surface area contributed by atoms with Crippen molar-refractivity contribution in [2.24, 2.45) is 5.73 Å². The molecule has 1 aromatic heterocycles. The molecule has 0 aliphatic heterocycles. The molecular weight excluding hydrogens is 266 g/mol. The summed E-state index contributed by atoms with van der Waals surface area (Å²) in [5.41, 5.74) is 8.07. The van der Waals surface area contributed by atoms with Crippen LogP contribution in [-0.2, 0) is 0 Å². The zero-order valence-corrected chi connectivity index (χ0v) is 12.6. The number of ether oxygens (including phenoxy) is 2. The number of methoxy groups -OCH3 is 2. The van der Waals surface area contributed by atoms with E-state index in [1.165, 1.54) is 0 Å². The first-order chi connectivity index (χ1) is 10.2. The van der Waals surface area contributed by atoms with Crippen molar-refractivity contribution >= 4 is 5.69 Å². The highest BCUT2D eigenvalue weighted by Crippen LogP contribution is 2.26. The molecule has 0 fully saturated rings. The monoisotopic (exact) mass is 287 g/mol. The second-order valence-corrected chi connectivity index (χ2v) is 4.69. The standard InChI is InChI=1S/C16H21N3O2/c1-19(13-5-7-14(20-2)8-6-13)15(10-17)12-4-9-16(21-3)18-11-12/h4-9,11,15H,10,17H2,1-3H3. The van der Waals surface area contributed by atoms with Gasteiger partial charge >= 0.3 is 0 Å². The maximum atomic E-state index is 5.94. The van der Waals surface area contributed by atoms with Gasteiger partial charge in [-0.15, -0.1) is 0 Å². The van der Waals surface area contributed by atoms with E-state index in [9.17, 15) is 0 Å². The van der Waals surface area contributed by atoms with Crippen molar-refractivity contribution in [1.82, 2.24) is 4.98 Å². The van der Waals surface area contributed by atoms with Crippen molar-refractivity contribution in [1.29, 1.82) is 0 Å². The number of benzene rings is 1. The zero-order valence-electron chi connectivity index (χ0n) is 12.6. The number of rotatable bonds is 6. The number of nitrogens with two attached hydrogens (primary N) is 1. The van der Waals surface area contributed by atoms with Crippen LogP contribution >= 0.6 is 0 Å². The Morgan fingerprint density at radius 2 is 1.81 bits per heavy atom.